The van der Waals surface area contributed by atoms with Gasteiger partial charge in [0.15, 0.2) is 5.78 Å². The largest absolute Gasteiger partial charge is 4.00 e. The van der Waals surface area contributed by atoms with Crippen LogP contribution < -0.4 is 19.2 Å². The van der Waals surface area contributed by atoms with E-state index >= 15 is 0 Å². The molecule has 0 rings (SSSR count). The Labute approximate surface area is 77.7 Å². The van der Waals surface area contributed by atoms with E-state index in [4.69, 9.17) is 0 Å². The summed E-state index contributed by atoms with van der Waals surface area (Å²) in [6.45, 7) is 2.70. The predicted octanol–water partition coefficient (Wildman–Crippen LogP) is -9.15. The number of rotatable bonds is 1. The standard InChI is InChI=1S/C5H8O2.3FH.Ti/c1-4(6)3-5(2)7;;;;/h3,6H,1-2H3;3*1H;/q;;;;+4/p-4/b4-3-;;;;. The van der Waals surface area contributed by atoms with Crippen LogP contribution in [0.1, 0.15) is 13.8 Å². The van der Waals surface area contributed by atoms with E-state index < -0.39 is 0 Å². The van der Waals surface area contributed by atoms with E-state index in [-0.39, 0.29) is 47.4 Å². The number of carbonyl (C=O) groups is 1. The molecule has 0 heterocycles. The first-order chi connectivity index (χ1) is 3.13. The molecule has 0 fully saturated rings. The van der Waals surface area contributed by atoms with E-state index in [9.17, 15) is 9.90 Å². The molecular weight excluding hydrogens is 197 g/mol. The van der Waals surface area contributed by atoms with E-state index in [0.717, 1.165) is 6.08 Å². The average molecular weight is 204 g/mol. The first-order valence-corrected chi connectivity index (χ1v) is 1.99. The quantitative estimate of drug-likeness (QED) is 0.242. The second-order valence-electron chi connectivity index (χ2n) is 1.37. The normalized spacial score (nSPS) is 7.27. The summed E-state index contributed by atoms with van der Waals surface area (Å²) in [4.78, 5) is 9.98. The molecule has 0 amide bonds. The van der Waals surface area contributed by atoms with Gasteiger partial charge in [-0.15, -0.1) is 5.76 Å². The smallest absolute Gasteiger partial charge is 1.00 e. The molecule has 0 saturated carbocycles. The maximum absolute atomic E-state index is 9.98. The molecule has 0 atom stereocenters. The number of allylic oxidation sites excluding steroid dienone is 2. The number of carbonyl (C=O) groups excluding carboxylic acids is 1. The monoisotopic (exact) mass is 204 g/mol. The fourth-order valence-corrected chi connectivity index (χ4v) is 0.286. The summed E-state index contributed by atoms with van der Waals surface area (Å²) in [5, 5.41) is 9.98. The van der Waals surface area contributed by atoms with Gasteiger partial charge >= 0.3 is 21.7 Å². The van der Waals surface area contributed by atoms with Gasteiger partial charge in [0.05, 0.1) is 0 Å². The van der Waals surface area contributed by atoms with Gasteiger partial charge < -0.3 is 19.2 Å². The number of hydrogen-bond acceptors (Lipinski definition) is 2. The van der Waals surface area contributed by atoms with Crippen molar-refractivity contribution in [2.45, 2.75) is 13.8 Å². The van der Waals surface area contributed by atoms with Crippen LogP contribution >= 0.6 is 0 Å². The Hall–Kier alpha value is -0.286. The Balaban J connectivity index is -0.0000000300. The molecular formula is C5H7F3O2Ti. The second-order valence-corrected chi connectivity index (χ2v) is 1.37. The van der Waals surface area contributed by atoms with Gasteiger partial charge in [0.1, 0.15) is 0 Å². The van der Waals surface area contributed by atoms with Crippen molar-refractivity contribution in [1.82, 2.24) is 0 Å². The van der Waals surface area contributed by atoms with Crippen molar-refractivity contribution < 1.29 is 45.7 Å². The molecule has 0 aromatic heterocycles. The van der Waals surface area contributed by atoms with Crippen molar-refractivity contribution in [3.8, 4) is 0 Å². The van der Waals surface area contributed by atoms with E-state index in [2.05, 4.69) is 0 Å². The molecule has 0 aliphatic heterocycles. The van der Waals surface area contributed by atoms with Crippen LogP contribution in [-0.4, -0.2) is 5.78 Å². The summed E-state index contributed by atoms with van der Waals surface area (Å²) in [7, 11) is 0. The van der Waals surface area contributed by atoms with Crippen molar-refractivity contribution in [3.63, 3.8) is 0 Å². The molecule has 11 heavy (non-hydrogen) atoms. The van der Waals surface area contributed by atoms with E-state index in [1.807, 2.05) is 0 Å². The Morgan fingerprint density at radius 2 is 1.45 bits per heavy atom. The van der Waals surface area contributed by atoms with Crippen LogP contribution in [0.15, 0.2) is 11.8 Å². The minimum atomic E-state index is -0.187. The molecule has 0 N–H and O–H groups in total. The third-order valence-electron chi connectivity index (χ3n) is 0.407. The number of halogens is 3. The maximum atomic E-state index is 9.98. The van der Waals surface area contributed by atoms with Crippen molar-refractivity contribution in [3.05, 3.63) is 11.8 Å². The summed E-state index contributed by atoms with van der Waals surface area (Å²) in [5.74, 6) is -0.375. The minimum absolute atomic E-state index is 0. The van der Waals surface area contributed by atoms with E-state index in [0.29, 0.717) is 0 Å². The van der Waals surface area contributed by atoms with Crippen LogP contribution in [-0.2, 0) is 26.5 Å². The first-order valence-electron chi connectivity index (χ1n) is 1.99. The zero-order valence-corrected chi connectivity index (χ0v) is 7.59. The summed E-state index contributed by atoms with van der Waals surface area (Å²) in [6.07, 6.45) is 1.06. The molecule has 6 heteroatoms. The molecule has 0 aromatic carbocycles. The van der Waals surface area contributed by atoms with E-state index in [1.54, 1.807) is 0 Å². The van der Waals surface area contributed by atoms with Gasteiger partial charge in [-0.3, -0.25) is 4.79 Å². The van der Waals surface area contributed by atoms with Crippen molar-refractivity contribution >= 4 is 5.78 Å². The molecule has 0 aliphatic carbocycles. The van der Waals surface area contributed by atoms with Crippen LogP contribution in [0, 0.1) is 0 Å². The number of hydrogen-bond donors (Lipinski definition) is 0. The summed E-state index contributed by atoms with van der Waals surface area (Å²) >= 11 is 0. The fraction of sp³-hybridized carbons (Fsp3) is 0.400. The van der Waals surface area contributed by atoms with Gasteiger partial charge in [0.2, 0.25) is 0 Å². The molecule has 0 unspecified atom stereocenters. The molecule has 0 bridgehead atoms. The Bertz CT molecular complexity index is 112. The Morgan fingerprint density at radius 3 is 1.45 bits per heavy atom. The SMILES string of the molecule is CC(=O)/C=C(/C)[O-].[F-].[F-].[F-].[Ti+4]. The Kier molecular flexibility index (Phi) is 46.1. The first kappa shape index (κ1) is 31.0. The van der Waals surface area contributed by atoms with Gasteiger partial charge in [0, 0.05) is 0 Å². The summed E-state index contributed by atoms with van der Waals surface area (Å²) in [5.41, 5.74) is 0. The molecule has 2 nitrogen and oxygen atoms in total. The van der Waals surface area contributed by atoms with Gasteiger partial charge in [-0.25, -0.2) is 0 Å². The Morgan fingerprint density at radius 1 is 1.18 bits per heavy atom. The molecule has 0 aliphatic rings. The van der Waals surface area contributed by atoms with E-state index in [1.165, 1.54) is 13.8 Å². The summed E-state index contributed by atoms with van der Waals surface area (Å²) < 4.78 is 0. The van der Waals surface area contributed by atoms with Crippen molar-refractivity contribution in [1.29, 1.82) is 0 Å². The van der Waals surface area contributed by atoms with Crippen LogP contribution in [0.5, 0.6) is 0 Å². The van der Waals surface area contributed by atoms with Crippen LogP contribution in [0.4, 0.5) is 0 Å². The van der Waals surface area contributed by atoms with Crippen LogP contribution in [0.2, 0.25) is 0 Å². The molecule has 0 radical (unpaired) electrons. The predicted molar refractivity (Wildman–Crippen MR) is 24.4 cm³/mol. The fourth-order valence-electron chi connectivity index (χ4n) is 0.286. The average Bonchev–Trinajstić information content (AvgIpc) is 1.27. The molecule has 64 valence electrons. The van der Waals surface area contributed by atoms with Gasteiger partial charge in [-0.1, -0.05) is 6.92 Å². The third kappa shape index (κ3) is 41.9. The van der Waals surface area contributed by atoms with Crippen LogP contribution in [0.25, 0.3) is 0 Å². The zero-order chi connectivity index (χ0) is 5.86. The van der Waals surface area contributed by atoms with Crippen LogP contribution in [0.3, 0.4) is 0 Å². The molecule has 0 aromatic rings. The maximum Gasteiger partial charge on any atom is 4.00 e. The van der Waals surface area contributed by atoms with Gasteiger partial charge in [-0.05, 0) is 13.0 Å². The topological polar surface area (TPSA) is 40.1 Å². The number of ketones is 1. The summed E-state index contributed by atoms with van der Waals surface area (Å²) in [6, 6.07) is 0. The van der Waals surface area contributed by atoms with Crippen molar-refractivity contribution in [2.24, 2.45) is 0 Å². The zero-order valence-electron chi connectivity index (χ0n) is 6.03. The second kappa shape index (κ2) is 16.4. The molecule has 0 saturated heterocycles. The van der Waals surface area contributed by atoms with Gasteiger partial charge in [-0.2, -0.15) is 0 Å². The van der Waals surface area contributed by atoms with Gasteiger partial charge in [0.25, 0.3) is 0 Å². The molecule has 0 spiro atoms. The van der Waals surface area contributed by atoms with Crippen molar-refractivity contribution in [2.75, 3.05) is 0 Å². The third-order valence-corrected chi connectivity index (χ3v) is 0.407. The minimum Gasteiger partial charge on any atom is -1.00 e.